The summed E-state index contributed by atoms with van der Waals surface area (Å²) in [5.74, 6) is 0.678. The highest BCUT2D eigenvalue weighted by molar-refractivity contribution is 5.65. The third-order valence-corrected chi connectivity index (χ3v) is 3.18. The monoisotopic (exact) mass is 299 g/mol. The molecule has 2 aromatic rings. The molecular weight excluding hydrogens is 287 g/mol. The molecule has 1 aliphatic carbocycles. The zero-order chi connectivity index (χ0) is 15.2. The van der Waals surface area contributed by atoms with Gasteiger partial charge in [0.25, 0.3) is 0 Å². The number of ether oxygens (including phenoxy) is 1. The van der Waals surface area contributed by atoms with Gasteiger partial charge in [-0.25, -0.2) is 4.98 Å². The Balaban J connectivity index is 1.97. The van der Waals surface area contributed by atoms with Crippen LogP contribution in [0.2, 0.25) is 0 Å². The minimum Gasteiger partial charge on any atom is -0.507 e. The van der Waals surface area contributed by atoms with Crippen molar-refractivity contribution in [2.75, 3.05) is 0 Å². The van der Waals surface area contributed by atoms with Crippen molar-refractivity contribution in [3.8, 4) is 22.9 Å². The van der Waals surface area contributed by atoms with Crippen LogP contribution in [0, 0.1) is 0 Å². The molecular formula is C13H12F3N3O2. The van der Waals surface area contributed by atoms with Gasteiger partial charge in [0.05, 0.1) is 5.56 Å². The average molecular weight is 299 g/mol. The largest absolute Gasteiger partial charge is 0.573 e. The lowest BCUT2D eigenvalue weighted by atomic mass is 10.2. The van der Waals surface area contributed by atoms with Crippen molar-refractivity contribution >= 4 is 0 Å². The van der Waals surface area contributed by atoms with Gasteiger partial charge in [0, 0.05) is 13.0 Å². The summed E-state index contributed by atoms with van der Waals surface area (Å²) in [6.45, 7) is 0. The molecule has 0 unspecified atom stereocenters. The van der Waals surface area contributed by atoms with Gasteiger partial charge in [-0.3, -0.25) is 4.68 Å². The Morgan fingerprint density at radius 3 is 2.67 bits per heavy atom. The summed E-state index contributed by atoms with van der Waals surface area (Å²) in [6, 6.07) is 3.25. The van der Waals surface area contributed by atoms with Crippen molar-refractivity contribution in [2.24, 2.45) is 7.05 Å². The molecule has 21 heavy (non-hydrogen) atoms. The molecule has 0 spiro atoms. The van der Waals surface area contributed by atoms with Crippen LogP contribution in [0.5, 0.6) is 11.5 Å². The van der Waals surface area contributed by atoms with E-state index in [1.54, 1.807) is 11.7 Å². The van der Waals surface area contributed by atoms with Gasteiger partial charge in [-0.2, -0.15) is 5.10 Å². The maximum atomic E-state index is 12.2. The Morgan fingerprint density at radius 2 is 2.05 bits per heavy atom. The Bertz CT molecular complexity index is 678. The zero-order valence-electron chi connectivity index (χ0n) is 11.1. The number of alkyl halides is 3. The first kappa shape index (κ1) is 13.7. The van der Waals surface area contributed by atoms with E-state index >= 15 is 0 Å². The minimum absolute atomic E-state index is 0.110. The average Bonchev–Trinajstić information content (AvgIpc) is 3.14. The molecule has 1 heterocycles. The van der Waals surface area contributed by atoms with Crippen LogP contribution < -0.4 is 4.74 Å². The Hall–Kier alpha value is -2.25. The number of benzene rings is 1. The molecule has 0 atom stereocenters. The number of phenolic OH excluding ortho intramolecular Hbond substituents is 1. The molecule has 1 fully saturated rings. The third-order valence-electron chi connectivity index (χ3n) is 3.18. The molecule has 3 rings (SSSR count). The van der Waals surface area contributed by atoms with Crippen molar-refractivity contribution in [3.63, 3.8) is 0 Å². The molecule has 1 aromatic heterocycles. The van der Waals surface area contributed by atoms with Crippen LogP contribution in [-0.4, -0.2) is 26.2 Å². The number of rotatable bonds is 3. The molecule has 1 saturated carbocycles. The fourth-order valence-corrected chi connectivity index (χ4v) is 2.10. The summed E-state index contributed by atoms with van der Waals surface area (Å²) in [5.41, 5.74) is 0.110. The molecule has 1 N–H and O–H groups in total. The van der Waals surface area contributed by atoms with Gasteiger partial charge < -0.3 is 9.84 Å². The standard InChI is InChI=1S/C13H12F3N3O2/c1-19-12(7-2-3-7)17-11(18-19)9-6-8(4-5-10(9)20)21-13(14,15)16/h4-7,20H,2-3H2,1H3. The predicted molar refractivity (Wildman–Crippen MR) is 66.8 cm³/mol. The molecule has 0 aliphatic heterocycles. The van der Waals surface area contributed by atoms with Crippen molar-refractivity contribution < 1.29 is 23.0 Å². The van der Waals surface area contributed by atoms with Crippen molar-refractivity contribution in [3.05, 3.63) is 24.0 Å². The number of nitrogens with zero attached hydrogens (tertiary/aromatic N) is 3. The molecule has 1 aromatic carbocycles. The number of aryl methyl sites for hydroxylation is 1. The fourth-order valence-electron chi connectivity index (χ4n) is 2.10. The molecule has 8 heteroatoms. The summed E-state index contributed by atoms with van der Waals surface area (Å²) in [5, 5.41) is 14.0. The number of phenols is 1. The van der Waals surface area contributed by atoms with Crippen LogP contribution >= 0.6 is 0 Å². The van der Waals surface area contributed by atoms with E-state index in [0.717, 1.165) is 36.9 Å². The SMILES string of the molecule is Cn1nc(-c2cc(OC(F)(F)F)ccc2O)nc1C1CC1. The quantitative estimate of drug-likeness (QED) is 0.946. The van der Waals surface area contributed by atoms with E-state index in [0.29, 0.717) is 5.92 Å². The lowest BCUT2D eigenvalue weighted by molar-refractivity contribution is -0.274. The van der Waals surface area contributed by atoms with Gasteiger partial charge in [0.1, 0.15) is 17.3 Å². The number of aromatic nitrogens is 3. The smallest absolute Gasteiger partial charge is 0.507 e. The fraction of sp³-hybridized carbons (Fsp3) is 0.385. The summed E-state index contributed by atoms with van der Waals surface area (Å²) >= 11 is 0. The Labute approximate surface area is 118 Å². The molecule has 5 nitrogen and oxygen atoms in total. The highest BCUT2D eigenvalue weighted by atomic mass is 19.4. The number of aromatic hydroxyl groups is 1. The summed E-state index contributed by atoms with van der Waals surface area (Å²) in [4.78, 5) is 4.30. The number of hydrogen-bond donors (Lipinski definition) is 1. The zero-order valence-corrected chi connectivity index (χ0v) is 11.1. The number of hydrogen-bond acceptors (Lipinski definition) is 4. The summed E-state index contributed by atoms with van der Waals surface area (Å²) in [7, 11) is 1.72. The molecule has 1 aliphatic rings. The highest BCUT2D eigenvalue weighted by Crippen LogP contribution is 2.40. The van der Waals surface area contributed by atoms with Crippen molar-refractivity contribution in [1.29, 1.82) is 0 Å². The van der Waals surface area contributed by atoms with E-state index in [2.05, 4.69) is 14.8 Å². The van der Waals surface area contributed by atoms with E-state index < -0.39 is 12.1 Å². The van der Waals surface area contributed by atoms with Gasteiger partial charge >= 0.3 is 6.36 Å². The molecule has 112 valence electrons. The van der Waals surface area contributed by atoms with Crippen molar-refractivity contribution in [2.45, 2.75) is 25.1 Å². The minimum atomic E-state index is -4.79. The Morgan fingerprint density at radius 1 is 1.33 bits per heavy atom. The second-order valence-corrected chi connectivity index (χ2v) is 4.92. The van der Waals surface area contributed by atoms with E-state index in [4.69, 9.17) is 0 Å². The maximum absolute atomic E-state index is 12.2. The predicted octanol–water partition coefficient (Wildman–Crippen LogP) is 2.96. The van der Waals surface area contributed by atoms with Gasteiger partial charge in [-0.15, -0.1) is 13.2 Å². The molecule has 0 radical (unpaired) electrons. The van der Waals surface area contributed by atoms with Gasteiger partial charge in [-0.05, 0) is 31.0 Å². The molecule has 0 bridgehead atoms. The molecule has 0 amide bonds. The van der Waals surface area contributed by atoms with Gasteiger partial charge in [0.2, 0.25) is 0 Å². The maximum Gasteiger partial charge on any atom is 0.573 e. The highest BCUT2D eigenvalue weighted by Gasteiger charge is 2.32. The van der Waals surface area contributed by atoms with Crippen LogP contribution in [0.1, 0.15) is 24.6 Å². The first-order valence-electron chi connectivity index (χ1n) is 6.33. The van der Waals surface area contributed by atoms with Gasteiger partial charge in [0.15, 0.2) is 5.82 Å². The van der Waals surface area contributed by atoms with E-state index in [-0.39, 0.29) is 17.1 Å². The first-order chi connectivity index (χ1) is 9.83. The van der Waals surface area contributed by atoms with Crippen LogP contribution in [0.25, 0.3) is 11.4 Å². The van der Waals surface area contributed by atoms with Crippen LogP contribution in [0.4, 0.5) is 13.2 Å². The van der Waals surface area contributed by atoms with Crippen LogP contribution in [0.15, 0.2) is 18.2 Å². The summed E-state index contributed by atoms with van der Waals surface area (Å²) < 4.78 is 42.1. The Kier molecular flexibility index (Phi) is 3.03. The van der Waals surface area contributed by atoms with Gasteiger partial charge in [-0.1, -0.05) is 0 Å². The lowest BCUT2D eigenvalue weighted by Crippen LogP contribution is -2.17. The topological polar surface area (TPSA) is 60.2 Å². The third kappa shape index (κ3) is 2.93. The van der Waals surface area contributed by atoms with E-state index in [1.165, 1.54) is 0 Å². The van der Waals surface area contributed by atoms with E-state index in [1.807, 2.05) is 0 Å². The lowest BCUT2D eigenvalue weighted by Gasteiger charge is -2.10. The van der Waals surface area contributed by atoms with Crippen molar-refractivity contribution in [1.82, 2.24) is 14.8 Å². The first-order valence-corrected chi connectivity index (χ1v) is 6.33. The second kappa shape index (κ2) is 4.64. The molecule has 0 saturated heterocycles. The summed E-state index contributed by atoms with van der Waals surface area (Å²) in [6.07, 6.45) is -2.74. The van der Waals surface area contributed by atoms with E-state index in [9.17, 15) is 18.3 Å². The second-order valence-electron chi connectivity index (χ2n) is 4.92. The van der Waals surface area contributed by atoms with Crippen LogP contribution in [-0.2, 0) is 7.05 Å². The number of halogens is 3. The van der Waals surface area contributed by atoms with Crippen LogP contribution in [0.3, 0.4) is 0 Å². The normalized spacial score (nSPS) is 15.2.